The fraction of sp³-hybridized carbons (Fsp3) is 0.400. The van der Waals surface area contributed by atoms with Crippen LogP contribution in [0.4, 0.5) is 0 Å². The first kappa shape index (κ1) is 8.19. The standard InChI is InChI=1S/C5H6BrN3O2/c6-5-7-3(8-9-5)1-2-4(10)11/h1-2H2,(H,10,11)(H,7,8,9). The first-order valence-electron chi connectivity index (χ1n) is 2.97. The number of aliphatic carboxylic acids is 1. The molecule has 1 aromatic heterocycles. The summed E-state index contributed by atoms with van der Waals surface area (Å²) in [5.41, 5.74) is 0. The molecule has 1 heterocycles. The Morgan fingerprint density at radius 2 is 2.45 bits per heavy atom. The van der Waals surface area contributed by atoms with E-state index >= 15 is 0 Å². The molecule has 0 atom stereocenters. The number of aromatic nitrogens is 3. The number of carboxylic acids is 1. The van der Waals surface area contributed by atoms with Crippen molar-refractivity contribution in [3.8, 4) is 0 Å². The van der Waals surface area contributed by atoms with Gasteiger partial charge >= 0.3 is 5.97 Å². The quantitative estimate of drug-likeness (QED) is 0.780. The normalized spacial score (nSPS) is 9.91. The molecule has 0 saturated carbocycles. The SMILES string of the molecule is O=C(O)CCc1nc(Br)n[nH]1. The van der Waals surface area contributed by atoms with Gasteiger partial charge in [-0.15, -0.1) is 5.10 Å². The van der Waals surface area contributed by atoms with E-state index in [1.54, 1.807) is 0 Å². The Balaban J connectivity index is 2.45. The molecule has 11 heavy (non-hydrogen) atoms. The topological polar surface area (TPSA) is 78.9 Å². The molecule has 0 amide bonds. The zero-order chi connectivity index (χ0) is 8.27. The molecule has 0 bridgehead atoms. The van der Waals surface area contributed by atoms with Gasteiger partial charge in [0, 0.05) is 6.42 Å². The molecule has 0 aromatic carbocycles. The number of nitrogens with zero attached hydrogens (tertiary/aromatic N) is 2. The third kappa shape index (κ3) is 2.67. The van der Waals surface area contributed by atoms with Crippen LogP contribution in [0.5, 0.6) is 0 Å². The van der Waals surface area contributed by atoms with Gasteiger partial charge in [-0.05, 0) is 15.9 Å². The maximum atomic E-state index is 10.1. The number of nitrogens with one attached hydrogen (secondary N) is 1. The van der Waals surface area contributed by atoms with Gasteiger partial charge in [-0.3, -0.25) is 9.89 Å². The summed E-state index contributed by atoms with van der Waals surface area (Å²) in [7, 11) is 0. The summed E-state index contributed by atoms with van der Waals surface area (Å²) in [6, 6.07) is 0. The smallest absolute Gasteiger partial charge is 0.303 e. The molecule has 0 fully saturated rings. The lowest BCUT2D eigenvalue weighted by atomic mass is 10.3. The second-order valence-electron chi connectivity index (χ2n) is 1.94. The number of rotatable bonds is 3. The molecular formula is C5H6BrN3O2. The van der Waals surface area contributed by atoms with Gasteiger partial charge in [-0.2, -0.15) is 0 Å². The molecule has 0 aliphatic rings. The van der Waals surface area contributed by atoms with Crippen molar-refractivity contribution < 1.29 is 9.90 Å². The maximum Gasteiger partial charge on any atom is 0.303 e. The molecule has 0 radical (unpaired) electrons. The number of carbonyl (C=O) groups is 1. The number of carboxylic acid groups (broad SMARTS) is 1. The molecule has 0 spiro atoms. The van der Waals surface area contributed by atoms with Crippen LogP contribution in [-0.2, 0) is 11.2 Å². The van der Waals surface area contributed by atoms with Gasteiger partial charge in [-0.25, -0.2) is 4.98 Å². The van der Waals surface area contributed by atoms with Gasteiger partial charge in [0.05, 0.1) is 6.42 Å². The van der Waals surface area contributed by atoms with Crippen LogP contribution in [0, 0.1) is 0 Å². The van der Waals surface area contributed by atoms with Crippen molar-refractivity contribution in [3.63, 3.8) is 0 Å². The monoisotopic (exact) mass is 219 g/mol. The van der Waals surface area contributed by atoms with Gasteiger partial charge in [0.25, 0.3) is 0 Å². The van der Waals surface area contributed by atoms with E-state index in [-0.39, 0.29) is 6.42 Å². The summed E-state index contributed by atoms with van der Waals surface area (Å²) in [5, 5.41) is 14.6. The van der Waals surface area contributed by atoms with E-state index in [9.17, 15) is 4.79 Å². The molecule has 1 rings (SSSR count). The second-order valence-corrected chi connectivity index (χ2v) is 2.65. The molecule has 2 N–H and O–H groups in total. The fourth-order valence-corrected chi connectivity index (χ4v) is 0.912. The van der Waals surface area contributed by atoms with E-state index in [2.05, 4.69) is 31.1 Å². The fourth-order valence-electron chi connectivity index (χ4n) is 0.609. The van der Waals surface area contributed by atoms with Gasteiger partial charge in [0.15, 0.2) is 0 Å². The van der Waals surface area contributed by atoms with Crippen LogP contribution in [0.2, 0.25) is 0 Å². The summed E-state index contributed by atoms with van der Waals surface area (Å²) in [6.07, 6.45) is 0.454. The first-order chi connectivity index (χ1) is 5.18. The lowest BCUT2D eigenvalue weighted by molar-refractivity contribution is -0.137. The number of hydrogen-bond donors (Lipinski definition) is 2. The Hall–Kier alpha value is -0.910. The van der Waals surface area contributed by atoms with E-state index in [1.807, 2.05) is 0 Å². The van der Waals surface area contributed by atoms with E-state index in [0.29, 0.717) is 17.0 Å². The first-order valence-corrected chi connectivity index (χ1v) is 3.76. The molecule has 6 heteroatoms. The van der Waals surface area contributed by atoms with Crippen LogP contribution >= 0.6 is 15.9 Å². The van der Waals surface area contributed by atoms with Crippen molar-refractivity contribution >= 4 is 21.9 Å². The van der Waals surface area contributed by atoms with E-state index < -0.39 is 5.97 Å². The molecule has 60 valence electrons. The Morgan fingerprint density at radius 1 is 1.73 bits per heavy atom. The van der Waals surface area contributed by atoms with Crippen molar-refractivity contribution in [1.82, 2.24) is 15.2 Å². The van der Waals surface area contributed by atoms with Crippen molar-refractivity contribution in [2.24, 2.45) is 0 Å². The highest BCUT2D eigenvalue weighted by Gasteiger charge is 2.02. The van der Waals surface area contributed by atoms with Crippen LogP contribution in [0.3, 0.4) is 0 Å². The predicted molar refractivity (Wildman–Crippen MR) is 40.0 cm³/mol. The van der Waals surface area contributed by atoms with Crippen LogP contribution in [0.15, 0.2) is 4.73 Å². The maximum absolute atomic E-state index is 10.1. The number of halogens is 1. The number of aryl methyl sites for hydroxylation is 1. The molecule has 5 nitrogen and oxygen atoms in total. The third-order valence-corrected chi connectivity index (χ3v) is 1.43. The zero-order valence-corrected chi connectivity index (χ0v) is 7.13. The molecule has 0 aliphatic carbocycles. The van der Waals surface area contributed by atoms with Gasteiger partial charge in [0.2, 0.25) is 4.73 Å². The Bertz CT molecular complexity index is 260. The number of H-pyrrole nitrogens is 1. The minimum absolute atomic E-state index is 0.0711. The van der Waals surface area contributed by atoms with E-state index in [0.717, 1.165) is 0 Å². The second kappa shape index (κ2) is 3.47. The molecular weight excluding hydrogens is 214 g/mol. The Kier molecular flexibility index (Phi) is 2.58. The molecule has 0 aliphatic heterocycles. The predicted octanol–water partition coefficient (Wildman–Crippen LogP) is 0.584. The lowest BCUT2D eigenvalue weighted by Crippen LogP contribution is -1.98. The Labute approximate surface area is 71.0 Å². The third-order valence-electron chi connectivity index (χ3n) is 1.08. The summed E-state index contributed by atoms with van der Waals surface area (Å²) in [4.78, 5) is 14.0. The van der Waals surface area contributed by atoms with Crippen molar-refractivity contribution in [2.45, 2.75) is 12.8 Å². The van der Waals surface area contributed by atoms with Gasteiger partial charge in [-0.1, -0.05) is 0 Å². The van der Waals surface area contributed by atoms with Crippen LogP contribution < -0.4 is 0 Å². The summed E-state index contributed by atoms with van der Waals surface area (Å²) < 4.78 is 0.456. The largest absolute Gasteiger partial charge is 0.481 e. The Morgan fingerprint density at radius 3 is 2.91 bits per heavy atom. The number of aromatic amines is 1. The van der Waals surface area contributed by atoms with Crippen LogP contribution in [0.25, 0.3) is 0 Å². The highest BCUT2D eigenvalue weighted by Crippen LogP contribution is 2.02. The van der Waals surface area contributed by atoms with Crippen LogP contribution in [-0.4, -0.2) is 26.3 Å². The summed E-state index contributed by atoms with van der Waals surface area (Å²) >= 11 is 3.04. The molecule has 0 saturated heterocycles. The van der Waals surface area contributed by atoms with E-state index in [1.165, 1.54) is 0 Å². The molecule has 1 aromatic rings. The lowest BCUT2D eigenvalue weighted by Gasteiger charge is -1.88. The van der Waals surface area contributed by atoms with Gasteiger partial charge < -0.3 is 5.11 Å². The van der Waals surface area contributed by atoms with Crippen molar-refractivity contribution in [1.29, 1.82) is 0 Å². The average Bonchev–Trinajstić information content (AvgIpc) is 2.31. The average molecular weight is 220 g/mol. The minimum atomic E-state index is -0.836. The number of hydrogen-bond acceptors (Lipinski definition) is 3. The molecule has 0 unspecified atom stereocenters. The van der Waals surface area contributed by atoms with Crippen molar-refractivity contribution in [3.05, 3.63) is 10.6 Å². The van der Waals surface area contributed by atoms with Crippen molar-refractivity contribution in [2.75, 3.05) is 0 Å². The highest BCUT2D eigenvalue weighted by atomic mass is 79.9. The zero-order valence-electron chi connectivity index (χ0n) is 5.54. The minimum Gasteiger partial charge on any atom is -0.481 e. The highest BCUT2D eigenvalue weighted by molar-refractivity contribution is 9.10. The van der Waals surface area contributed by atoms with Crippen LogP contribution in [0.1, 0.15) is 12.2 Å². The van der Waals surface area contributed by atoms with E-state index in [4.69, 9.17) is 5.11 Å². The summed E-state index contributed by atoms with van der Waals surface area (Å²) in [5.74, 6) is -0.253. The van der Waals surface area contributed by atoms with Gasteiger partial charge in [0.1, 0.15) is 5.82 Å². The summed E-state index contributed by atoms with van der Waals surface area (Å²) in [6.45, 7) is 0.